The second-order valence-electron chi connectivity index (χ2n) is 2.12. The molecule has 50 valence electrons. The minimum absolute atomic E-state index is 0. The molecule has 2 heteroatoms. The van der Waals surface area contributed by atoms with E-state index in [1.165, 1.54) is 25.7 Å². The van der Waals surface area contributed by atoms with Crippen LogP contribution in [-0.2, 0) is 0 Å². The first-order chi connectivity index (χ1) is 3.91. The van der Waals surface area contributed by atoms with Crippen LogP contribution in [0.3, 0.4) is 0 Å². The standard InChI is InChI=1S/C8H16.2Na/c1-3-5-7-8-6-4-2;;/h1-8H2;;/q-2;2*+1. The van der Waals surface area contributed by atoms with E-state index in [-0.39, 0.29) is 59.1 Å². The summed E-state index contributed by atoms with van der Waals surface area (Å²) in [6.07, 6.45) is 7.46. The predicted molar refractivity (Wildman–Crippen MR) is 38.4 cm³/mol. The Hall–Kier alpha value is 2.00. The summed E-state index contributed by atoms with van der Waals surface area (Å²) in [4.78, 5) is 0. The molecular weight excluding hydrogens is 142 g/mol. The van der Waals surface area contributed by atoms with Crippen LogP contribution in [-0.4, -0.2) is 0 Å². The van der Waals surface area contributed by atoms with Crippen molar-refractivity contribution in [1.29, 1.82) is 0 Å². The molecule has 0 saturated heterocycles. The van der Waals surface area contributed by atoms with Gasteiger partial charge in [0.05, 0.1) is 0 Å². The zero-order chi connectivity index (χ0) is 6.24. The van der Waals surface area contributed by atoms with Crippen LogP contribution in [0.1, 0.15) is 38.5 Å². The fourth-order valence-corrected chi connectivity index (χ4v) is 0.707. The average molecular weight is 158 g/mol. The second-order valence-corrected chi connectivity index (χ2v) is 2.12. The zero-order valence-corrected chi connectivity index (χ0v) is 11.7. The van der Waals surface area contributed by atoms with Gasteiger partial charge in [-0.3, -0.25) is 0 Å². The van der Waals surface area contributed by atoms with Crippen LogP contribution in [0.15, 0.2) is 0 Å². The molecule has 0 aliphatic rings. The molecule has 0 aliphatic heterocycles. The molecular formula is C8H16Na2. The van der Waals surface area contributed by atoms with Crippen LogP contribution in [0, 0.1) is 13.8 Å². The monoisotopic (exact) mass is 158 g/mol. The Balaban J connectivity index is -0.000000245. The van der Waals surface area contributed by atoms with E-state index in [2.05, 4.69) is 13.8 Å². The SMILES string of the molecule is [CH2-]CCCCCC[CH2-].[Na+].[Na+]. The van der Waals surface area contributed by atoms with E-state index in [0.29, 0.717) is 0 Å². The largest absolute Gasteiger partial charge is 1.00 e. The molecule has 0 aliphatic carbocycles. The van der Waals surface area contributed by atoms with E-state index in [9.17, 15) is 0 Å². The third-order valence-corrected chi connectivity index (χ3v) is 1.25. The summed E-state index contributed by atoms with van der Waals surface area (Å²) in [6, 6.07) is 0. The van der Waals surface area contributed by atoms with Crippen molar-refractivity contribution < 1.29 is 59.1 Å². The van der Waals surface area contributed by atoms with E-state index < -0.39 is 0 Å². The fraction of sp³-hybridized carbons (Fsp3) is 0.750. The van der Waals surface area contributed by atoms with E-state index >= 15 is 0 Å². The van der Waals surface area contributed by atoms with E-state index in [0.717, 1.165) is 12.8 Å². The Morgan fingerprint density at radius 2 is 0.900 bits per heavy atom. The maximum Gasteiger partial charge on any atom is 1.00 e. The van der Waals surface area contributed by atoms with Gasteiger partial charge in [-0.15, -0.1) is 0 Å². The first-order valence-electron chi connectivity index (χ1n) is 3.50. The summed E-state index contributed by atoms with van der Waals surface area (Å²) in [6.45, 7) is 7.54. The Morgan fingerprint density at radius 1 is 0.600 bits per heavy atom. The van der Waals surface area contributed by atoms with Gasteiger partial charge in [-0.2, -0.15) is 12.8 Å². The van der Waals surface area contributed by atoms with Gasteiger partial charge in [-0.1, -0.05) is 25.7 Å². The Kier molecular flexibility index (Phi) is 30.8. The van der Waals surface area contributed by atoms with Crippen molar-refractivity contribution in [3.8, 4) is 0 Å². The molecule has 0 amide bonds. The third kappa shape index (κ3) is 16.5. The van der Waals surface area contributed by atoms with Gasteiger partial charge in [0.15, 0.2) is 0 Å². The smallest absolute Gasteiger partial charge is 0.343 e. The van der Waals surface area contributed by atoms with Gasteiger partial charge in [0.2, 0.25) is 0 Å². The molecule has 10 heavy (non-hydrogen) atoms. The van der Waals surface area contributed by atoms with Crippen LogP contribution in [0.4, 0.5) is 0 Å². The van der Waals surface area contributed by atoms with Crippen molar-refractivity contribution in [3.05, 3.63) is 13.8 Å². The Bertz CT molecular complexity index is 32.2. The number of hydrogen-bond donors (Lipinski definition) is 0. The Morgan fingerprint density at radius 3 is 1.10 bits per heavy atom. The van der Waals surface area contributed by atoms with Crippen molar-refractivity contribution in [2.45, 2.75) is 38.5 Å². The maximum absolute atomic E-state index is 3.77. The van der Waals surface area contributed by atoms with Crippen LogP contribution < -0.4 is 59.1 Å². The van der Waals surface area contributed by atoms with Crippen LogP contribution >= 0.6 is 0 Å². The fourth-order valence-electron chi connectivity index (χ4n) is 0.707. The molecule has 0 heterocycles. The molecule has 0 fully saturated rings. The maximum atomic E-state index is 3.77. The number of unbranched alkanes of at least 4 members (excludes halogenated alkanes) is 5. The second kappa shape index (κ2) is 17.2. The first-order valence-corrected chi connectivity index (χ1v) is 3.50. The van der Waals surface area contributed by atoms with Crippen LogP contribution in [0.2, 0.25) is 0 Å². The van der Waals surface area contributed by atoms with Gasteiger partial charge >= 0.3 is 59.1 Å². The van der Waals surface area contributed by atoms with E-state index in [1.807, 2.05) is 0 Å². The quantitative estimate of drug-likeness (QED) is 0.227. The van der Waals surface area contributed by atoms with Crippen molar-refractivity contribution >= 4 is 0 Å². The molecule has 0 aromatic carbocycles. The normalized spacial score (nSPS) is 7.80. The summed E-state index contributed by atoms with van der Waals surface area (Å²) in [5.41, 5.74) is 0. The van der Waals surface area contributed by atoms with Gasteiger partial charge in [0, 0.05) is 0 Å². The number of rotatable bonds is 5. The summed E-state index contributed by atoms with van der Waals surface area (Å²) in [7, 11) is 0. The van der Waals surface area contributed by atoms with E-state index in [1.54, 1.807) is 0 Å². The molecule has 0 saturated carbocycles. The van der Waals surface area contributed by atoms with Crippen molar-refractivity contribution in [3.63, 3.8) is 0 Å². The van der Waals surface area contributed by atoms with Crippen molar-refractivity contribution in [2.75, 3.05) is 0 Å². The van der Waals surface area contributed by atoms with Gasteiger partial charge in [-0.05, 0) is 0 Å². The van der Waals surface area contributed by atoms with Crippen molar-refractivity contribution in [2.24, 2.45) is 0 Å². The molecule has 0 aromatic rings. The van der Waals surface area contributed by atoms with Crippen LogP contribution in [0.5, 0.6) is 0 Å². The van der Waals surface area contributed by atoms with Gasteiger partial charge in [-0.25, -0.2) is 0 Å². The average Bonchev–Trinajstić information content (AvgIpc) is 1.81. The van der Waals surface area contributed by atoms with Crippen molar-refractivity contribution in [1.82, 2.24) is 0 Å². The minimum atomic E-state index is 0. The summed E-state index contributed by atoms with van der Waals surface area (Å²) in [5.74, 6) is 0. The molecule has 0 spiro atoms. The molecule has 0 nitrogen and oxygen atoms in total. The van der Waals surface area contributed by atoms with Gasteiger partial charge in [0.1, 0.15) is 0 Å². The third-order valence-electron chi connectivity index (χ3n) is 1.25. The zero-order valence-electron chi connectivity index (χ0n) is 7.66. The van der Waals surface area contributed by atoms with Gasteiger partial charge in [0.25, 0.3) is 0 Å². The molecule has 0 unspecified atom stereocenters. The topological polar surface area (TPSA) is 0 Å². The molecule has 0 bridgehead atoms. The number of hydrogen-bond acceptors (Lipinski definition) is 0. The molecule has 0 atom stereocenters. The Labute approximate surface area is 110 Å². The predicted octanol–water partition coefficient (Wildman–Crippen LogP) is -3.00. The summed E-state index contributed by atoms with van der Waals surface area (Å²) < 4.78 is 0. The summed E-state index contributed by atoms with van der Waals surface area (Å²) in [5, 5.41) is 0. The molecule has 0 rings (SSSR count). The molecule has 0 aromatic heterocycles. The minimum Gasteiger partial charge on any atom is -0.343 e. The van der Waals surface area contributed by atoms with E-state index in [4.69, 9.17) is 0 Å². The van der Waals surface area contributed by atoms with Crippen LogP contribution in [0.25, 0.3) is 0 Å². The van der Waals surface area contributed by atoms with Gasteiger partial charge < -0.3 is 13.8 Å². The molecule has 0 radical (unpaired) electrons. The summed E-state index contributed by atoms with van der Waals surface area (Å²) >= 11 is 0. The molecule has 0 N–H and O–H groups in total. The first kappa shape index (κ1) is 17.9.